The molecule has 1 atom stereocenters. The lowest BCUT2D eigenvalue weighted by Gasteiger charge is -2.13. The third kappa shape index (κ3) is 3.74. The van der Waals surface area contributed by atoms with Gasteiger partial charge in [-0.15, -0.1) is 0 Å². The van der Waals surface area contributed by atoms with Crippen molar-refractivity contribution in [2.45, 2.75) is 26.8 Å². The highest BCUT2D eigenvalue weighted by molar-refractivity contribution is 6.30. The summed E-state index contributed by atoms with van der Waals surface area (Å²) in [6, 6.07) is 4.29. The Bertz CT molecular complexity index is 460. The highest BCUT2D eigenvalue weighted by atomic mass is 35.5. The summed E-state index contributed by atoms with van der Waals surface area (Å²) in [6.45, 7) is 5.38. The maximum atomic E-state index is 11.9. The second kappa shape index (κ2) is 6.40. The van der Waals surface area contributed by atoms with E-state index in [1.54, 1.807) is 39.0 Å². The largest absolute Gasteiger partial charge is 0.464 e. The number of nitrogens with one attached hydrogen (secondary N) is 1. The summed E-state index contributed by atoms with van der Waals surface area (Å²) in [5.41, 5.74) is 1.26. The van der Waals surface area contributed by atoms with Crippen molar-refractivity contribution in [3.05, 3.63) is 34.3 Å². The van der Waals surface area contributed by atoms with Gasteiger partial charge in [0, 0.05) is 10.6 Å². The van der Waals surface area contributed by atoms with Gasteiger partial charge in [0.2, 0.25) is 0 Å². The first-order valence-electron chi connectivity index (χ1n) is 5.69. The van der Waals surface area contributed by atoms with Crippen LogP contribution in [0.25, 0.3) is 0 Å². The fraction of sp³-hybridized carbons (Fsp3) is 0.385. The SMILES string of the molecule is CCOC(=O)C(C)NC(=O)c1ccc(Cl)cc1C. The molecule has 0 spiro atoms. The summed E-state index contributed by atoms with van der Waals surface area (Å²) >= 11 is 5.81. The van der Waals surface area contributed by atoms with Crippen molar-refractivity contribution in [3.63, 3.8) is 0 Å². The Morgan fingerprint density at radius 3 is 2.67 bits per heavy atom. The van der Waals surface area contributed by atoms with Gasteiger partial charge in [0.1, 0.15) is 6.04 Å². The van der Waals surface area contributed by atoms with E-state index in [0.717, 1.165) is 5.56 Å². The van der Waals surface area contributed by atoms with Crippen LogP contribution in [0.1, 0.15) is 29.8 Å². The number of carbonyl (C=O) groups excluding carboxylic acids is 2. The number of amides is 1. The predicted molar refractivity (Wildman–Crippen MR) is 69.8 cm³/mol. The molecule has 98 valence electrons. The number of benzene rings is 1. The number of carbonyl (C=O) groups is 2. The fourth-order valence-electron chi connectivity index (χ4n) is 1.48. The van der Waals surface area contributed by atoms with Gasteiger partial charge in [0.25, 0.3) is 5.91 Å². The van der Waals surface area contributed by atoms with Crippen molar-refractivity contribution >= 4 is 23.5 Å². The van der Waals surface area contributed by atoms with Crippen LogP contribution in [0.5, 0.6) is 0 Å². The lowest BCUT2D eigenvalue weighted by molar-refractivity contribution is -0.144. The van der Waals surface area contributed by atoms with Gasteiger partial charge in [-0.05, 0) is 44.5 Å². The third-order valence-corrected chi connectivity index (χ3v) is 2.66. The van der Waals surface area contributed by atoms with Crippen LogP contribution in [0.3, 0.4) is 0 Å². The minimum atomic E-state index is -0.674. The van der Waals surface area contributed by atoms with Gasteiger partial charge in [0.15, 0.2) is 0 Å². The second-order valence-electron chi connectivity index (χ2n) is 3.91. The van der Waals surface area contributed by atoms with E-state index < -0.39 is 12.0 Å². The molecular weight excluding hydrogens is 254 g/mol. The summed E-state index contributed by atoms with van der Waals surface area (Å²) in [5.74, 6) is -0.762. The van der Waals surface area contributed by atoms with E-state index in [1.807, 2.05) is 0 Å². The van der Waals surface area contributed by atoms with Crippen molar-refractivity contribution < 1.29 is 14.3 Å². The number of ether oxygens (including phenoxy) is 1. The first-order chi connectivity index (χ1) is 8.45. The predicted octanol–water partition coefficient (Wildman–Crippen LogP) is 2.33. The molecule has 0 aliphatic heterocycles. The molecule has 0 bridgehead atoms. The van der Waals surface area contributed by atoms with Crippen LogP contribution in [-0.2, 0) is 9.53 Å². The van der Waals surface area contributed by atoms with E-state index in [9.17, 15) is 9.59 Å². The monoisotopic (exact) mass is 269 g/mol. The van der Waals surface area contributed by atoms with Crippen LogP contribution in [0.4, 0.5) is 0 Å². The van der Waals surface area contributed by atoms with Crippen molar-refractivity contribution in [1.82, 2.24) is 5.32 Å². The van der Waals surface area contributed by atoms with Crippen molar-refractivity contribution in [3.8, 4) is 0 Å². The normalized spacial score (nSPS) is 11.8. The van der Waals surface area contributed by atoms with E-state index in [2.05, 4.69) is 5.32 Å². The maximum Gasteiger partial charge on any atom is 0.328 e. The van der Waals surface area contributed by atoms with Crippen molar-refractivity contribution in [2.24, 2.45) is 0 Å². The van der Waals surface area contributed by atoms with Crippen molar-refractivity contribution in [2.75, 3.05) is 6.61 Å². The Morgan fingerprint density at radius 2 is 2.11 bits per heavy atom. The van der Waals surface area contributed by atoms with Gasteiger partial charge >= 0.3 is 5.97 Å². The Hall–Kier alpha value is -1.55. The van der Waals surface area contributed by atoms with Gasteiger partial charge < -0.3 is 10.1 Å². The number of aryl methyl sites for hydroxylation is 1. The molecule has 5 heteroatoms. The number of esters is 1. The average molecular weight is 270 g/mol. The van der Waals surface area contributed by atoms with Crippen LogP contribution in [-0.4, -0.2) is 24.5 Å². The molecule has 1 aromatic carbocycles. The lowest BCUT2D eigenvalue weighted by atomic mass is 10.1. The summed E-state index contributed by atoms with van der Waals surface area (Å²) < 4.78 is 4.82. The Balaban J connectivity index is 2.73. The standard InChI is InChI=1S/C13H16ClNO3/c1-4-18-13(17)9(3)15-12(16)11-6-5-10(14)7-8(11)2/h5-7,9H,4H2,1-3H3,(H,15,16). The molecule has 0 saturated carbocycles. The van der Waals surface area contributed by atoms with E-state index in [0.29, 0.717) is 17.2 Å². The second-order valence-corrected chi connectivity index (χ2v) is 4.34. The molecule has 4 nitrogen and oxygen atoms in total. The molecule has 0 aliphatic rings. The third-order valence-electron chi connectivity index (χ3n) is 2.42. The molecule has 18 heavy (non-hydrogen) atoms. The smallest absolute Gasteiger partial charge is 0.328 e. The van der Waals surface area contributed by atoms with Crippen LogP contribution in [0.2, 0.25) is 5.02 Å². The molecular formula is C13H16ClNO3. The quantitative estimate of drug-likeness (QED) is 0.854. The van der Waals surface area contributed by atoms with Crippen LogP contribution in [0, 0.1) is 6.92 Å². The zero-order valence-corrected chi connectivity index (χ0v) is 11.4. The molecule has 0 heterocycles. The Labute approximate surface area is 111 Å². The molecule has 1 unspecified atom stereocenters. The zero-order chi connectivity index (χ0) is 13.7. The molecule has 1 aromatic rings. The Morgan fingerprint density at radius 1 is 1.44 bits per heavy atom. The highest BCUT2D eigenvalue weighted by Crippen LogP contribution is 2.15. The molecule has 0 saturated heterocycles. The minimum Gasteiger partial charge on any atom is -0.464 e. The topological polar surface area (TPSA) is 55.4 Å². The summed E-state index contributed by atoms with van der Waals surface area (Å²) in [7, 11) is 0. The maximum absolute atomic E-state index is 11.9. The zero-order valence-electron chi connectivity index (χ0n) is 10.6. The van der Waals surface area contributed by atoms with E-state index in [4.69, 9.17) is 16.3 Å². The van der Waals surface area contributed by atoms with Gasteiger partial charge in [-0.2, -0.15) is 0 Å². The molecule has 1 N–H and O–H groups in total. The molecule has 0 aliphatic carbocycles. The molecule has 1 amide bonds. The summed E-state index contributed by atoms with van der Waals surface area (Å²) in [6.07, 6.45) is 0. The van der Waals surface area contributed by atoms with E-state index >= 15 is 0 Å². The minimum absolute atomic E-state index is 0.291. The fourth-order valence-corrected chi connectivity index (χ4v) is 1.71. The van der Waals surface area contributed by atoms with Gasteiger partial charge in [-0.1, -0.05) is 11.6 Å². The average Bonchev–Trinajstić information content (AvgIpc) is 2.28. The Kier molecular flexibility index (Phi) is 5.16. The van der Waals surface area contributed by atoms with Crippen LogP contribution in [0.15, 0.2) is 18.2 Å². The van der Waals surface area contributed by atoms with Crippen molar-refractivity contribution in [1.29, 1.82) is 0 Å². The van der Waals surface area contributed by atoms with Gasteiger partial charge in [-0.3, -0.25) is 4.79 Å². The summed E-state index contributed by atoms with van der Waals surface area (Å²) in [4.78, 5) is 23.3. The number of hydrogen-bond donors (Lipinski definition) is 1. The number of hydrogen-bond acceptors (Lipinski definition) is 3. The number of rotatable bonds is 4. The molecule has 0 radical (unpaired) electrons. The number of halogens is 1. The molecule has 1 rings (SSSR count). The first-order valence-corrected chi connectivity index (χ1v) is 6.07. The van der Waals surface area contributed by atoms with E-state index in [1.165, 1.54) is 0 Å². The lowest BCUT2D eigenvalue weighted by Crippen LogP contribution is -2.39. The molecule has 0 fully saturated rings. The van der Waals surface area contributed by atoms with Crippen LogP contribution < -0.4 is 5.32 Å². The van der Waals surface area contributed by atoms with Crippen LogP contribution >= 0.6 is 11.6 Å². The van der Waals surface area contributed by atoms with E-state index in [-0.39, 0.29) is 5.91 Å². The molecule has 0 aromatic heterocycles. The van der Waals surface area contributed by atoms with Gasteiger partial charge in [0.05, 0.1) is 6.61 Å². The summed E-state index contributed by atoms with van der Waals surface area (Å²) in [5, 5.41) is 3.16. The van der Waals surface area contributed by atoms with Gasteiger partial charge in [-0.25, -0.2) is 4.79 Å². The first kappa shape index (κ1) is 14.5. The highest BCUT2D eigenvalue weighted by Gasteiger charge is 2.18.